The second-order valence-corrected chi connectivity index (χ2v) is 8.15. The maximum atomic E-state index is 13.2. The van der Waals surface area contributed by atoms with Crippen molar-refractivity contribution in [2.45, 2.75) is 18.6 Å². The number of carbonyl (C=O) groups excluding carboxylic acids is 2. The molecule has 0 aliphatic carbocycles. The van der Waals surface area contributed by atoms with E-state index < -0.39 is 23.5 Å². The number of nitrogens with one attached hydrogen (secondary N) is 2. The summed E-state index contributed by atoms with van der Waals surface area (Å²) < 4.78 is 12.1. The molecule has 4 heterocycles. The highest BCUT2D eigenvalue weighted by molar-refractivity contribution is 6.06. The van der Waals surface area contributed by atoms with Crippen LogP contribution < -0.4 is 21.5 Å². The fourth-order valence-corrected chi connectivity index (χ4v) is 3.80. The maximum Gasteiger partial charge on any atom is 0.260 e. The molecule has 4 aromatic rings. The fourth-order valence-electron chi connectivity index (χ4n) is 3.80. The topological polar surface area (TPSA) is 182 Å². The zero-order valence-corrected chi connectivity index (χ0v) is 18.5. The van der Waals surface area contributed by atoms with Crippen LogP contribution in [-0.4, -0.2) is 61.7 Å². The van der Waals surface area contributed by atoms with Crippen molar-refractivity contribution >= 4 is 40.1 Å². The Kier molecular flexibility index (Phi) is 5.34. The Bertz CT molecular complexity index is 1490. The van der Waals surface area contributed by atoms with E-state index in [1.807, 2.05) is 0 Å². The normalized spacial score (nSPS) is 17.9. The summed E-state index contributed by atoms with van der Waals surface area (Å²) in [6, 6.07) is 9.30. The number of carbonyl (C=O) groups is 2. The van der Waals surface area contributed by atoms with Crippen molar-refractivity contribution < 1.29 is 24.0 Å². The Morgan fingerprint density at radius 3 is 2.91 bits per heavy atom. The number of morpholine rings is 1. The molecule has 5 rings (SSSR count). The number of aromatic amines is 1. The standard InChI is InChI=1S/C22H21N7O6/c1-22(33,21(32)25-12-2-3-14-15(10-12)35-27-19(14)23)18-20(31)28(8-9-34-18)16-5-7-29(26-16)13-4-6-24-17(30)11-13/h2-7,10-11,18,33H,8-9H2,1H3,(H2,23,27)(H,24,30)(H,25,32)/t18?,22-/m1/s1. The monoisotopic (exact) mass is 479 g/mol. The average Bonchev–Trinajstić information content (AvgIpc) is 3.46. The number of hydrogen-bond acceptors (Lipinski definition) is 9. The summed E-state index contributed by atoms with van der Waals surface area (Å²) >= 11 is 0. The number of nitrogens with two attached hydrogens (primary N) is 1. The predicted octanol–water partition coefficient (Wildman–Crippen LogP) is 0.405. The van der Waals surface area contributed by atoms with Crippen LogP contribution in [-0.2, 0) is 14.3 Å². The minimum absolute atomic E-state index is 0.0704. The molecule has 13 heteroatoms. The van der Waals surface area contributed by atoms with Crippen molar-refractivity contribution in [1.29, 1.82) is 0 Å². The van der Waals surface area contributed by atoms with Gasteiger partial charge in [0, 0.05) is 36.3 Å². The van der Waals surface area contributed by atoms with E-state index in [4.69, 9.17) is 15.0 Å². The van der Waals surface area contributed by atoms with Crippen LogP contribution in [0.5, 0.6) is 0 Å². The average molecular weight is 479 g/mol. The molecule has 0 bridgehead atoms. The zero-order valence-electron chi connectivity index (χ0n) is 18.5. The molecule has 1 unspecified atom stereocenters. The number of ether oxygens (including phenoxy) is 1. The summed E-state index contributed by atoms with van der Waals surface area (Å²) in [5.41, 5.74) is 4.37. The van der Waals surface area contributed by atoms with E-state index in [1.54, 1.807) is 30.5 Å². The lowest BCUT2D eigenvalue weighted by molar-refractivity contribution is -0.165. The first-order valence-corrected chi connectivity index (χ1v) is 10.6. The Hall–Kier alpha value is -4.49. The number of aromatic nitrogens is 4. The van der Waals surface area contributed by atoms with E-state index in [0.717, 1.165) is 0 Å². The molecule has 0 saturated carbocycles. The SMILES string of the molecule is C[C@](O)(C(=O)Nc1ccc2c(N)noc2c1)C1OCCN(c2ccn(-c3cc[nH]c(=O)c3)n2)C1=O. The molecule has 2 amide bonds. The zero-order chi connectivity index (χ0) is 24.7. The predicted molar refractivity (Wildman–Crippen MR) is 124 cm³/mol. The van der Waals surface area contributed by atoms with Crippen LogP contribution in [0.2, 0.25) is 0 Å². The Labute approximate surface area is 197 Å². The van der Waals surface area contributed by atoms with Gasteiger partial charge in [-0.3, -0.25) is 19.3 Å². The van der Waals surface area contributed by atoms with Gasteiger partial charge in [0.1, 0.15) is 0 Å². The molecule has 0 spiro atoms. The molecule has 0 radical (unpaired) electrons. The van der Waals surface area contributed by atoms with Gasteiger partial charge >= 0.3 is 0 Å². The van der Waals surface area contributed by atoms with Gasteiger partial charge in [-0.1, -0.05) is 5.16 Å². The van der Waals surface area contributed by atoms with E-state index in [1.165, 1.54) is 34.8 Å². The van der Waals surface area contributed by atoms with Crippen LogP contribution in [0.1, 0.15) is 6.92 Å². The van der Waals surface area contributed by atoms with Crippen LogP contribution in [0.25, 0.3) is 16.7 Å². The van der Waals surface area contributed by atoms with Crippen LogP contribution in [0.15, 0.2) is 58.1 Å². The summed E-state index contributed by atoms with van der Waals surface area (Å²) in [6.45, 7) is 1.44. The van der Waals surface area contributed by atoms with Gasteiger partial charge in [0.25, 0.3) is 11.8 Å². The molecule has 1 aromatic carbocycles. The highest BCUT2D eigenvalue weighted by Gasteiger charge is 2.48. The Morgan fingerprint density at radius 2 is 2.11 bits per heavy atom. The van der Waals surface area contributed by atoms with Gasteiger partial charge in [0.15, 0.2) is 28.9 Å². The van der Waals surface area contributed by atoms with Gasteiger partial charge in [-0.2, -0.15) is 0 Å². The summed E-state index contributed by atoms with van der Waals surface area (Å²) in [4.78, 5) is 41.6. The third kappa shape index (κ3) is 4.02. The summed E-state index contributed by atoms with van der Waals surface area (Å²) in [6.07, 6.45) is 1.60. The van der Waals surface area contributed by atoms with Crippen molar-refractivity contribution in [2.75, 3.05) is 29.1 Å². The summed E-state index contributed by atoms with van der Waals surface area (Å²) in [5.74, 6) is -0.981. The number of benzene rings is 1. The lowest BCUT2D eigenvalue weighted by Crippen LogP contribution is -2.61. The quantitative estimate of drug-likeness (QED) is 0.315. The Balaban J connectivity index is 1.34. The van der Waals surface area contributed by atoms with E-state index in [-0.39, 0.29) is 30.3 Å². The highest BCUT2D eigenvalue weighted by atomic mass is 16.5. The Morgan fingerprint density at radius 1 is 1.29 bits per heavy atom. The van der Waals surface area contributed by atoms with Crippen molar-refractivity contribution in [1.82, 2.24) is 19.9 Å². The van der Waals surface area contributed by atoms with Gasteiger partial charge in [-0.25, -0.2) is 4.68 Å². The molecule has 1 aliphatic heterocycles. The number of pyridine rings is 1. The first kappa shape index (κ1) is 22.3. The second-order valence-electron chi connectivity index (χ2n) is 8.15. The number of hydrogen-bond donors (Lipinski definition) is 4. The molecule has 180 valence electrons. The van der Waals surface area contributed by atoms with E-state index >= 15 is 0 Å². The molecule has 2 atom stereocenters. The van der Waals surface area contributed by atoms with Gasteiger partial charge in [-0.15, -0.1) is 5.10 Å². The van der Waals surface area contributed by atoms with Gasteiger partial charge < -0.3 is 30.4 Å². The second kappa shape index (κ2) is 8.38. The number of rotatable bonds is 5. The number of fused-ring (bicyclic) bond motifs is 1. The molecule has 13 nitrogen and oxygen atoms in total. The number of nitrogen functional groups attached to an aromatic ring is 1. The van der Waals surface area contributed by atoms with E-state index in [9.17, 15) is 19.5 Å². The van der Waals surface area contributed by atoms with Crippen LogP contribution in [0, 0.1) is 0 Å². The summed E-state index contributed by atoms with van der Waals surface area (Å²) in [5, 5.41) is 22.2. The first-order valence-electron chi connectivity index (χ1n) is 10.6. The third-order valence-electron chi connectivity index (χ3n) is 5.69. The van der Waals surface area contributed by atoms with E-state index in [2.05, 4.69) is 20.6 Å². The first-order chi connectivity index (χ1) is 16.7. The minimum atomic E-state index is -2.21. The van der Waals surface area contributed by atoms with Crippen molar-refractivity contribution in [3.05, 3.63) is 59.1 Å². The van der Waals surface area contributed by atoms with Gasteiger partial charge in [0.2, 0.25) is 5.56 Å². The lowest BCUT2D eigenvalue weighted by atomic mass is 9.95. The number of nitrogens with zero attached hydrogens (tertiary/aromatic N) is 4. The van der Waals surface area contributed by atoms with Crippen LogP contribution in [0.3, 0.4) is 0 Å². The van der Waals surface area contributed by atoms with Gasteiger partial charge in [-0.05, 0) is 25.1 Å². The molecule has 5 N–H and O–H groups in total. The lowest BCUT2D eigenvalue weighted by Gasteiger charge is -2.37. The smallest absolute Gasteiger partial charge is 0.260 e. The summed E-state index contributed by atoms with van der Waals surface area (Å²) in [7, 11) is 0. The molecule has 3 aromatic heterocycles. The third-order valence-corrected chi connectivity index (χ3v) is 5.69. The maximum absolute atomic E-state index is 13.2. The van der Waals surface area contributed by atoms with Crippen LogP contribution >= 0.6 is 0 Å². The van der Waals surface area contributed by atoms with E-state index in [0.29, 0.717) is 22.3 Å². The number of H-pyrrole nitrogens is 1. The largest absolute Gasteiger partial charge is 0.380 e. The molecule has 1 saturated heterocycles. The van der Waals surface area contributed by atoms with Crippen molar-refractivity contribution in [3.63, 3.8) is 0 Å². The number of aliphatic hydroxyl groups is 1. The molecular formula is C22H21N7O6. The van der Waals surface area contributed by atoms with Crippen molar-refractivity contribution in [3.8, 4) is 5.69 Å². The highest BCUT2D eigenvalue weighted by Crippen LogP contribution is 2.27. The fraction of sp³-hybridized carbons (Fsp3) is 0.227. The number of anilines is 3. The van der Waals surface area contributed by atoms with Crippen molar-refractivity contribution in [2.24, 2.45) is 0 Å². The molecule has 35 heavy (non-hydrogen) atoms. The van der Waals surface area contributed by atoms with Crippen LogP contribution in [0.4, 0.5) is 17.3 Å². The number of amides is 2. The molecule has 1 aliphatic rings. The molecular weight excluding hydrogens is 458 g/mol. The minimum Gasteiger partial charge on any atom is -0.380 e. The van der Waals surface area contributed by atoms with Gasteiger partial charge in [0.05, 0.1) is 24.2 Å². The molecule has 1 fully saturated rings.